The first-order valence-electron chi connectivity index (χ1n) is 13.3. The van der Waals surface area contributed by atoms with E-state index in [1.54, 1.807) is 12.0 Å². The van der Waals surface area contributed by atoms with Crippen molar-refractivity contribution in [1.29, 1.82) is 0 Å². The van der Waals surface area contributed by atoms with Crippen molar-refractivity contribution in [1.82, 2.24) is 9.80 Å². The number of nitrogens with zero attached hydrogens (tertiary/aromatic N) is 3. The highest BCUT2D eigenvalue weighted by molar-refractivity contribution is 6.07. The number of alkyl halides is 3. The summed E-state index contributed by atoms with van der Waals surface area (Å²) in [6.45, 7) is 5.18. The molecule has 2 aliphatic heterocycles. The van der Waals surface area contributed by atoms with E-state index >= 15 is 0 Å². The van der Waals surface area contributed by atoms with E-state index in [1.165, 1.54) is 17.0 Å². The van der Waals surface area contributed by atoms with Gasteiger partial charge >= 0.3 is 18.2 Å². The number of anilines is 1. The summed E-state index contributed by atoms with van der Waals surface area (Å²) in [6, 6.07) is 10.7. The van der Waals surface area contributed by atoms with Gasteiger partial charge in [-0.2, -0.15) is 13.2 Å². The van der Waals surface area contributed by atoms with E-state index in [1.807, 2.05) is 43.0 Å². The molecule has 2 aromatic carbocycles. The van der Waals surface area contributed by atoms with Crippen LogP contribution in [0.5, 0.6) is 5.75 Å². The number of aliphatic carboxylic acids is 1. The lowest BCUT2D eigenvalue weighted by Gasteiger charge is -2.43. The van der Waals surface area contributed by atoms with Gasteiger partial charge in [-0.3, -0.25) is 14.5 Å². The number of rotatable bonds is 9. The largest absolute Gasteiger partial charge is 0.497 e. The fourth-order valence-electron chi connectivity index (χ4n) is 5.63. The number of amides is 3. The number of carbonyl (C=O) groups is 3. The number of benzene rings is 2. The van der Waals surface area contributed by atoms with Gasteiger partial charge in [-0.15, -0.1) is 0 Å². The maximum Gasteiger partial charge on any atom is 0.416 e. The normalized spacial score (nSPS) is 17.3. The van der Waals surface area contributed by atoms with E-state index in [0.29, 0.717) is 51.1 Å². The Balaban J connectivity index is 1.57. The maximum absolute atomic E-state index is 13.7. The lowest BCUT2D eigenvalue weighted by Crippen LogP contribution is -2.57. The number of carboxylic acids is 1. The summed E-state index contributed by atoms with van der Waals surface area (Å²) < 4.78 is 45.6. The van der Waals surface area contributed by atoms with Crippen molar-refractivity contribution >= 4 is 23.6 Å². The molecule has 11 heteroatoms. The number of urea groups is 1. The molecule has 0 atom stereocenters. The Kier molecular flexibility index (Phi) is 8.32. The Hall–Kier alpha value is -3.76. The van der Waals surface area contributed by atoms with E-state index in [2.05, 4.69) is 0 Å². The van der Waals surface area contributed by atoms with Crippen molar-refractivity contribution < 1.29 is 37.4 Å². The number of halogens is 3. The van der Waals surface area contributed by atoms with E-state index in [0.717, 1.165) is 17.4 Å². The molecule has 0 aliphatic carbocycles. The summed E-state index contributed by atoms with van der Waals surface area (Å²) in [5.41, 5.74) is -0.872. The SMILES string of the molecule is COc1ccc(CCN2C(=O)N(CC(C)C)C(=O)C23CCN(c2ccc(C(F)(F)F)c(CC(=O)O)c2)CC3)cc1. The van der Waals surface area contributed by atoms with Crippen LogP contribution in [0.4, 0.5) is 23.7 Å². The Morgan fingerprint density at radius 2 is 1.73 bits per heavy atom. The molecule has 2 aliphatic rings. The standard InChI is InChI=1S/C29H34F3N3O5/c1-19(2)18-34-26(38)28(35(27(34)39)13-10-20-4-7-23(40-3)8-5-20)11-14-33(15-12-28)22-6-9-24(29(30,31)32)21(16-22)17-25(36)37/h4-9,16,19H,10-15,17-18H2,1-3H3,(H,36,37). The molecule has 2 fully saturated rings. The molecule has 2 saturated heterocycles. The van der Waals surface area contributed by atoms with Crippen LogP contribution in [0.1, 0.15) is 43.4 Å². The van der Waals surface area contributed by atoms with Crippen LogP contribution >= 0.6 is 0 Å². The minimum Gasteiger partial charge on any atom is -0.497 e. The van der Waals surface area contributed by atoms with E-state index in [4.69, 9.17) is 9.84 Å². The summed E-state index contributed by atoms with van der Waals surface area (Å²) in [5, 5.41) is 9.16. The van der Waals surface area contributed by atoms with Crippen molar-refractivity contribution in [3.63, 3.8) is 0 Å². The molecule has 2 heterocycles. The predicted molar refractivity (Wildman–Crippen MR) is 142 cm³/mol. The summed E-state index contributed by atoms with van der Waals surface area (Å²) >= 11 is 0. The van der Waals surface area contributed by atoms with Crippen LogP contribution in [0.3, 0.4) is 0 Å². The number of ether oxygens (including phenoxy) is 1. The molecular weight excluding hydrogens is 527 g/mol. The zero-order valence-electron chi connectivity index (χ0n) is 22.8. The van der Waals surface area contributed by atoms with Gasteiger partial charge in [0.2, 0.25) is 0 Å². The Labute approximate surface area is 231 Å². The molecular formula is C29H34F3N3O5. The van der Waals surface area contributed by atoms with Crippen molar-refractivity contribution in [3.05, 3.63) is 59.2 Å². The fraction of sp³-hybridized carbons (Fsp3) is 0.483. The Morgan fingerprint density at radius 3 is 2.27 bits per heavy atom. The molecule has 0 aromatic heterocycles. The Morgan fingerprint density at radius 1 is 1.07 bits per heavy atom. The second-order valence-electron chi connectivity index (χ2n) is 10.8. The smallest absolute Gasteiger partial charge is 0.416 e. The van der Waals surface area contributed by atoms with Gasteiger partial charge in [0.25, 0.3) is 5.91 Å². The van der Waals surface area contributed by atoms with Gasteiger partial charge in [0.15, 0.2) is 0 Å². The van der Waals surface area contributed by atoms with Crippen LogP contribution < -0.4 is 9.64 Å². The second-order valence-corrected chi connectivity index (χ2v) is 10.8. The minimum atomic E-state index is -4.67. The molecule has 8 nitrogen and oxygen atoms in total. The third-order valence-electron chi connectivity index (χ3n) is 7.64. The summed E-state index contributed by atoms with van der Waals surface area (Å²) in [5.74, 6) is -0.781. The molecule has 0 radical (unpaired) electrons. The molecule has 0 bridgehead atoms. The van der Waals surface area contributed by atoms with Gasteiger partial charge < -0.3 is 19.6 Å². The highest BCUT2D eigenvalue weighted by Gasteiger charge is 2.57. The van der Waals surface area contributed by atoms with Crippen LogP contribution in [0.15, 0.2) is 42.5 Å². The Bertz CT molecular complexity index is 1250. The number of hydrogen-bond acceptors (Lipinski definition) is 5. The molecule has 4 rings (SSSR count). The van der Waals surface area contributed by atoms with Gasteiger partial charge in [0, 0.05) is 31.9 Å². The van der Waals surface area contributed by atoms with Crippen LogP contribution in [-0.2, 0) is 28.6 Å². The van der Waals surface area contributed by atoms with Crippen molar-refractivity contribution in [3.8, 4) is 5.75 Å². The highest BCUT2D eigenvalue weighted by atomic mass is 19.4. The van der Waals surface area contributed by atoms with Gasteiger partial charge in [0.05, 0.1) is 19.1 Å². The fourth-order valence-corrected chi connectivity index (χ4v) is 5.63. The number of imide groups is 1. The first-order valence-corrected chi connectivity index (χ1v) is 13.3. The third kappa shape index (κ3) is 5.88. The van der Waals surface area contributed by atoms with Gasteiger partial charge in [-0.05, 0) is 66.6 Å². The molecule has 0 unspecified atom stereocenters. The van der Waals surface area contributed by atoms with Crippen LogP contribution in [0.2, 0.25) is 0 Å². The zero-order chi connectivity index (χ0) is 29.2. The summed E-state index contributed by atoms with van der Waals surface area (Å²) in [4.78, 5) is 43.3. The van der Waals surface area contributed by atoms with E-state index in [-0.39, 0.29) is 23.4 Å². The number of hydrogen-bond donors (Lipinski definition) is 1. The monoisotopic (exact) mass is 561 g/mol. The van der Waals surface area contributed by atoms with Gasteiger partial charge in [0.1, 0.15) is 11.3 Å². The molecule has 216 valence electrons. The number of carboxylic acid groups (broad SMARTS) is 1. The first kappa shape index (κ1) is 29.2. The first-order chi connectivity index (χ1) is 18.9. The predicted octanol–water partition coefficient (Wildman–Crippen LogP) is 4.84. The molecule has 1 spiro atoms. The lowest BCUT2D eigenvalue weighted by molar-refractivity contribution is -0.140. The van der Waals surface area contributed by atoms with E-state index < -0.39 is 29.7 Å². The third-order valence-corrected chi connectivity index (χ3v) is 7.64. The van der Waals surface area contributed by atoms with Crippen molar-refractivity contribution in [2.24, 2.45) is 5.92 Å². The summed E-state index contributed by atoms with van der Waals surface area (Å²) in [7, 11) is 1.58. The van der Waals surface area contributed by atoms with Gasteiger partial charge in [-0.25, -0.2) is 4.79 Å². The highest BCUT2D eigenvalue weighted by Crippen LogP contribution is 2.40. The average Bonchev–Trinajstić information content (AvgIpc) is 3.07. The summed E-state index contributed by atoms with van der Waals surface area (Å²) in [6.07, 6.45) is -4.26. The van der Waals surface area contributed by atoms with Crippen LogP contribution in [0.25, 0.3) is 0 Å². The van der Waals surface area contributed by atoms with Gasteiger partial charge in [-0.1, -0.05) is 26.0 Å². The van der Waals surface area contributed by atoms with E-state index in [9.17, 15) is 27.6 Å². The van der Waals surface area contributed by atoms with Crippen LogP contribution in [0, 0.1) is 5.92 Å². The minimum absolute atomic E-state index is 0.0892. The van der Waals surface area contributed by atoms with Crippen molar-refractivity contribution in [2.75, 3.05) is 38.2 Å². The maximum atomic E-state index is 13.7. The zero-order valence-corrected chi connectivity index (χ0v) is 22.8. The molecule has 3 amide bonds. The quantitative estimate of drug-likeness (QED) is 0.441. The molecule has 1 N–H and O–H groups in total. The number of carbonyl (C=O) groups excluding carboxylic acids is 2. The van der Waals surface area contributed by atoms with Crippen molar-refractivity contribution in [2.45, 2.75) is 51.2 Å². The molecule has 2 aromatic rings. The molecule has 40 heavy (non-hydrogen) atoms. The average molecular weight is 562 g/mol. The number of piperidine rings is 1. The lowest BCUT2D eigenvalue weighted by atomic mass is 9.85. The number of methoxy groups -OCH3 is 1. The van der Waals surface area contributed by atoms with Crippen LogP contribution in [-0.4, -0.2) is 71.6 Å². The molecule has 0 saturated carbocycles. The second kappa shape index (κ2) is 11.4. The topological polar surface area (TPSA) is 90.4 Å².